The highest BCUT2D eigenvalue weighted by atomic mass is 19.2. The van der Waals surface area contributed by atoms with Crippen LogP contribution in [-0.4, -0.2) is 36.3 Å². The summed E-state index contributed by atoms with van der Waals surface area (Å²) in [6.07, 6.45) is -0.412. The Kier molecular flexibility index (Phi) is 5.88. The van der Waals surface area contributed by atoms with Crippen LogP contribution in [-0.2, 0) is 22.6 Å². The van der Waals surface area contributed by atoms with Gasteiger partial charge in [0.2, 0.25) is 11.8 Å². The first-order valence-electron chi connectivity index (χ1n) is 8.87. The van der Waals surface area contributed by atoms with Crippen molar-refractivity contribution in [1.82, 2.24) is 4.90 Å². The molecule has 1 heterocycles. The van der Waals surface area contributed by atoms with Gasteiger partial charge in [-0.25, -0.2) is 17.6 Å². The molecule has 154 valence electrons. The SMILES string of the molecule is CN1C(=O)CN(C(=O)C[C@H](N)Cc2cc(F)c(F)cc2F)Cc2ccc(F)cc21. The van der Waals surface area contributed by atoms with Gasteiger partial charge in [-0.15, -0.1) is 0 Å². The molecular formula is C20H19F4N3O2. The quantitative estimate of drug-likeness (QED) is 0.623. The summed E-state index contributed by atoms with van der Waals surface area (Å²) in [5, 5.41) is 0. The Labute approximate surface area is 164 Å². The molecular weight excluding hydrogens is 390 g/mol. The number of hydrogen-bond donors (Lipinski definition) is 1. The maximum atomic E-state index is 13.8. The first kappa shape index (κ1) is 20.8. The molecule has 2 amide bonds. The van der Waals surface area contributed by atoms with E-state index in [0.29, 0.717) is 23.4 Å². The van der Waals surface area contributed by atoms with Gasteiger partial charge in [-0.1, -0.05) is 6.07 Å². The number of anilines is 1. The van der Waals surface area contributed by atoms with E-state index >= 15 is 0 Å². The van der Waals surface area contributed by atoms with E-state index in [1.807, 2.05) is 0 Å². The number of halogens is 4. The number of rotatable bonds is 4. The van der Waals surface area contributed by atoms with Crippen LogP contribution in [0.25, 0.3) is 0 Å². The molecule has 0 saturated heterocycles. The molecule has 0 saturated carbocycles. The number of nitrogens with two attached hydrogens (primary N) is 1. The van der Waals surface area contributed by atoms with E-state index in [9.17, 15) is 27.2 Å². The molecule has 2 aromatic rings. The number of fused-ring (bicyclic) bond motifs is 1. The highest BCUT2D eigenvalue weighted by molar-refractivity contribution is 5.98. The monoisotopic (exact) mass is 409 g/mol. The standard InChI is InChI=1S/C20H19F4N3O2/c1-26-18-6-13(21)3-2-11(18)9-27(10-20(26)29)19(28)7-14(25)4-12-5-16(23)17(24)8-15(12)22/h2-3,5-6,8,14H,4,7,9-10,25H2,1H3/t14-/m1/s1. The van der Waals surface area contributed by atoms with E-state index in [1.165, 1.54) is 35.0 Å². The molecule has 3 rings (SSSR count). The van der Waals surface area contributed by atoms with Crippen molar-refractivity contribution in [3.05, 3.63) is 64.7 Å². The lowest BCUT2D eigenvalue weighted by atomic mass is 10.0. The van der Waals surface area contributed by atoms with Crippen LogP contribution in [0.1, 0.15) is 17.5 Å². The zero-order chi connectivity index (χ0) is 21.3. The zero-order valence-electron chi connectivity index (χ0n) is 15.6. The Morgan fingerprint density at radius 2 is 1.76 bits per heavy atom. The first-order chi connectivity index (χ1) is 13.7. The van der Waals surface area contributed by atoms with Crippen molar-refractivity contribution >= 4 is 17.5 Å². The van der Waals surface area contributed by atoms with Crippen molar-refractivity contribution in [2.24, 2.45) is 5.73 Å². The topological polar surface area (TPSA) is 66.6 Å². The van der Waals surface area contributed by atoms with Crippen LogP contribution in [0.4, 0.5) is 23.2 Å². The second-order valence-corrected chi connectivity index (χ2v) is 7.00. The van der Waals surface area contributed by atoms with Crippen LogP contribution >= 0.6 is 0 Å². The largest absolute Gasteiger partial charge is 0.329 e. The summed E-state index contributed by atoms with van der Waals surface area (Å²) in [7, 11) is 1.49. The molecule has 0 spiro atoms. The summed E-state index contributed by atoms with van der Waals surface area (Å²) < 4.78 is 53.7. The minimum Gasteiger partial charge on any atom is -0.329 e. The predicted molar refractivity (Wildman–Crippen MR) is 97.8 cm³/mol. The van der Waals surface area contributed by atoms with Crippen LogP contribution in [0.5, 0.6) is 0 Å². The number of nitrogens with zero attached hydrogens (tertiary/aromatic N) is 2. The second kappa shape index (κ2) is 8.20. The maximum absolute atomic E-state index is 13.8. The second-order valence-electron chi connectivity index (χ2n) is 7.00. The molecule has 5 nitrogen and oxygen atoms in total. The Bertz CT molecular complexity index is 967. The van der Waals surface area contributed by atoms with Gasteiger partial charge in [-0.05, 0) is 35.7 Å². The highest BCUT2D eigenvalue weighted by Crippen LogP contribution is 2.26. The summed E-state index contributed by atoms with van der Waals surface area (Å²) in [5.41, 5.74) is 6.73. The lowest BCUT2D eigenvalue weighted by molar-refractivity contribution is -0.135. The summed E-state index contributed by atoms with van der Waals surface area (Å²) in [5.74, 6) is -4.82. The normalized spacial score (nSPS) is 15.2. The molecule has 0 unspecified atom stereocenters. The average Bonchev–Trinajstić information content (AvgIpc) is 2.77. The van der Waals surface area contributed by atoms with Crippen LogP contribution in [0.3, 0.4) is 0 Å². The Balaban J connectivity index is 1.72. The fourth-order valence-corrected chi connectivity index (χ4v) is 3.25. The lowest BCUT2D eigenvalue weighted by Crippen LogP contribution is -2.41. The fraction of sp³-hybridized carbons (Fsp3) is 0.300. The molecule has 0 aromatic heterocycles. The number of likely N-dealkylation sites (N-methyl/N-ethyl adjacent to an activating group) is 1. The number of amides is 2. The molecule has 2 N–H and O–H groups in total. The summed E-state index contributed by atoms with van der Waals surface area (Å²) in [6, 6.07) is 4.23. The smallest absolute Gasteiger partial charge is 0.246 e. The van der Waals surface area contributed by atoms with E-state index in [-0.39, 0.29) is 31.5 Å². The van der Waals surface area contributed by atoms with Crippen LogP contribution in [0.15, 0.2) is 30.3 Å². The molecule has 29 heavy (non-hydrogen) atoms. The van der Waals surface area contributed by atoms with Crippen molar-refractivity contribution < 1.29 is 27.2 Å². The van der Waals surface area contributed by atoms with Crippen LogP contribution in [0, 0.1) is 23.3 Å². The fourth-order valence-electron chi connectivity index (χ4n) is 3.25. The Hall–Kier alpha value is -2.94. The summed E-state index contributed by atoms with van der Waals surface area (Å²) in [6.45, 7) is -0.144. The minimum absolute atomic E-state index is 0.0801. The summed E-state index contributed by atoms with van der Waals surface area (Å²) in [4.78, 5) is 27.6. The van der Waals surface area contributed by atoms with Gasteiger partial charge in [0.05, 0.1) is 5.69 Å². The Morgan fingerprint density at radius 3 is 2.48 bits per heavy atom. The van der Waals surface area contributed by atoms with Crippen molar-refractivity contribution in [2.75, 3.05) is 18.5 Å². The van der Waals surface area contributed by atoms with E-state index < -0.39 is 41.1 Å². The van der Waals surface area contributed by atoms with E-state index in [2.05, 4.69) is 0 Å². The minimum atomic E-state index is -1.31. The lowest BCUT2D eigenvalue weighted by Gasteiger charge is -2.22. The van der Waals surface area contributed by atoms with Crippen molar-refractivity contribution in [1.29, 1.82) is 0 Å². The molecule has 1 atom stereocenters. The van der Waals surface area contributed by atoms with Crippen molar-refractivity contribution in [3.63, 3.8) is 0 Å². The number of carbonyl (C=O) groups excluding carboxylic acids is 2. The molecule has 9 heteroatoms. The predicted octanol–water partition coefficient (Wildman–Crippen LogP) is 2.51. The zero-order valence-corrected chi connectivity index (χ0v) is 15.6. The Morgan fingerprint density at radius 1 is 1.07 bits per heavy atom. The van der Waals surface area contributed by atoms with Gasteiger partial charge in [0.25, 0.3) is 0 Å². The van der Waals surface area contributed by atoms with Crippen molar-refractivity contribution in [3.8, 4) is 0 Å². The van der Waals surface area contributed by atoms with Gasteiger partial charge in [0, 0.05) is 32.1 Å². The maximum Gasteiger partial charge on any atom is 0.246 e. The molecule has 1 aliphatic rings. The van der Waals surface area contributed by atoms with E-state index in [0.717, 1.165) is 0 Å². The van der Waals surface area contributed by atoms with E-state index in [1.54, 1.807) is 0 Å². The third-order valence-electron chi connectivity index (χ3n) is 4.83. The van der Waals surface area contributed by atoms with Crippen LogP contribution in [0.2, 0.25) is 0 Å². The van der Waals surface area contributed by atoms with Gasteiger partial charge in [0.1, 0.15) is 18.2 Å². The molecule has 0 radical (unpaired) electrons. The molecule has 2 aromatic carbocycles. The first-order valence-corrected chi connectivity index (χ1v) is 8.87. The number of hydrogen-bond acceptors (Lipinski definition) is 3. The van der Waals surface area contributed by atoms with Gasteiger partial charge in [-0.3, -0.25) is 9.59 Å². The highest BCUT2D eigenvalue weighted by Gasteiger charge is 2.28. The van der Waals surface area contributed by atoms with Gasteiger partial charge >= 0.3 is 0 Å². The molecule has 0 aliphatic carbocycles. The summed E-state index contributed by atoms with van der Waals surface area (Å²) >= 11 is 0. The van der Waals surface area contributed by atoms with Gasteiger partial charge < -0.3 is 15.5 Å². The third-order valence-corrected chi connectivity index (χ3v) is 4.83. The van der Waals surface area contributed by atoms with Crippen LogP contribution < -0.4 is 10.6 Å². The third kappa shape index (κ3) is 4.56. The average molecular weight is 409 g/mol. The number of carbonyl (C=O) groups is 2. The van der Waals surface area contributed by atoms with Crippen molar-refractivity contribution in [2.45, 2.75) is 25.4 Å². The molecule has 0 fully saturated rings. The number of benzene rings is 2. The molecule has 1 aliphatic heterocycles. The molecule has 0 bridgehead atoms. The van der Waals surface area contributed by atoms with Gasteiger partial charge in [-0.2, -0.15) is 0 Å². The van der Waals surface area contributed by atoms with E-state index in [4.69, 9.17) is 5.73 Å². The van der Waals surface area contributed by atoms with Gasteiger partial charge in [0.15, 0.2) is 11.6 Å².